The molecule has 2 rings (SSSR count). The Morgan fingerprint density at radius 1 is 1.38 bits per heavy atom. The Labute approximate surface area is 90.8 Å². The molecule has 0 aromatic carbocycles. The van der Waals surface area contributed by atoms with Crippen molar-refractivity contribution in [2.24, 2.45) is 5.73 Å². The SMILES string of the molecule is Cl.Cl.NC1(Cc2cccnc2)CC1. The van der Waals surface area contributed by atoms with Gasteiger partial charge in [-0.1, -0.05) is 6.07 Å². The van der Waals surface area contributed by atoms with E-state index < -0.39 is 0 Å². The van der Waals surface area contributed by atoms with Crippen LogP contribution in [-0.4, -0.2) is 10.5 Å². The van der Waals surface area contributed by atoms with Crippen molar-refractivity contribution in [3.8, 4) is 0 Å². The Bertz CT molecular complexity index is 247. The number of nitrogens with zero attached hydrogens (tertiary/aromatic N) is 1. The Kier molecular flexibility index (Phi) is 4.68. The first-order chi connectivity index (χ1) is 5.29. The molecule has 1 heterocycles. The molecule has 0 aliphatic heterocycles. The molecule has 0 amide bonds. The van der Waals surface area contributed by atoms with Crippen molar-refractivity contribution in [1.29, 1.82) is 0 Å². The van der Waals surface area contributed by atoms with E-state index >= 15 is 0 Å². The van der Waals surface area contributed by atoms with Gasteiger partial charge in [0.15, 0.2) is 0 Å². The molecule has 0 spiro atoms. The lowest BCUT2D eigenvalue weighted by Crippen LogP contribution is -2.24. The van der Waals surface area contributed by atoms with Crippen LogP contribution in [-0.2, 0) is 6.42 Å². The van der Waals surface area contributed by atoms with E-state index in [1.807, 2.05) is 12.3 Å². The highest BCUT2D eigenvalue weighted by molar-refractivity contribution is 5.85. The van der Waals surface area contributed by atoms with Gasteiger partial charge in [0, 0.05) is 17.9 Å². The monoisotopic (exact) mass is 220 g/mol. The highest BCUT2D eigenvalue weighted by Gasteiger charge is 2.37. The summed E-state index contributed by atoms with van der Waals surface area (Å²) in [5, 5.41) is 0. The normalized spacial score (nSPS) is 16.7. The van der Waals surface area contributed by atoms with E-state index in [4.69, 9.17) is 5.73 Å². The van der Waals surface area contributed by atoms with E-state index in [0.717, 1.165) is 6.42 Å². The maximum atomic E-state index is 5.95. The molecule has 1 aliphatic rings. The van der Waals surface area contributed by atoms with Crippen LogP contribution in [0.2, 0.25) is 0 Å². The number of hydrogen-bond acceptors (Lipinski definition) is 2. The molecule has 1 saturated carbocycles. The zero-order valence-electron chi connectivity index (χ0n) is 7.27. The van der Waals surface area contributed by atoms with Crippen molar-refractivity contribution in [3.63, 3.8) is 0 Å². The Morgan fingerprint density at radius 3 is 2.54 bits per heavy atom. The van der Waals surface area contributed by atoms with Crippen LogP contribution >= 0.6 is 24.8 Å². The second-order valence-corrected chi connectivity index (χ2v) is 3.40. The number of pyridine rings is 1. The third-order valence-electron chi connectivity index (χ3n) is 2.17. The molecule has 4 heteroatoms. The smallest absolute Gasteiger partial charge is 0.0300 e. The van der Waals surface area contributed by atoms with Gasteiger partial charge in [0.2, 0.25) is 0 Å². The van der Waals surface area contributed by atoms with Gasteiger partial charge in [0.1, 0.15) is 0 Å². The van der Waals surface area contributed by atoms with Gasteiger partial charge in [-0.15, -0.1) is 24.8 Å². The van der Waals surface area contributed by atoms with Gasteiger partial charge < -0.3 is 5.73 Å². The number of halogens is 2. The van der Waals surface area contributed by atoms with Crippen LogP contribution in [0.4, 0.5) is 0 Å². The molecule has 0 bridgehead atoms. The summed E-state index contributed by atoms with van der Waals surface area (Å²) in [5.41, 5.74) is 7.32. The fraction of sp³-hybridized carbons (Fsp3) is 0.444. The fourth-order valence-electron chi connectivity index (χ4n) is 1.25. The predicted molar refractivity (Wildman–Crippen MR) is 58.6 cm³/mol. The average Bonchev–Trinajstić information content (AvgIpc) is 2.70. The van der Waals surface area contributed by atoms with Gasteiger partial charge >= 0.3 is 0 Å². The van der Waals surface area contributed by atoms with E-state index in [0.29, 0.717) is 0 Å². The van der Waals surface area contributed by atoms with Crippen LogP contribution in [0.1, 0.15) is 18.4 Å². The van der Waals surface area contributed by atoms with Crippen molar-refractivity contribution >= 4 is 24.8 Å². The summed E-state index contributed by atoms with van der Waals surface area (Å²) in [6, 6.07) is 4.04. The summed E-state index contributed by atoms with van der Waals surface area (Å²) in [6.07, 6.45) is 7.01. The lowest BCUT2D eigenvalue weighted by atomic mass is 10.1. The van der Waals surface area contributed by atoms with Crippen LogP contribution in [0.3, 0.4) is 0 Å². The van der Waals surface area contributed by atoms with Crippen molar-refractivity contribution in [3.05, 3.63) is 30.1 Å². The number of aromatic nitrogens is 1. The molecule has 1 fully saturated rings. The predicted octanol–water partition coefficient (Wildman–Crippen LogP) is 1.96. The standard InChI is InChI=1S/C9H12N2.2ClH/c10-9(3-4-9)6-8-2-1-5-11-7-8;;/h1-2,5,7H,3-4,6,10H2;2*1H. The largest absolute Gasteiger partial charge is 0.325 e. The topological polar surface area (TPSA) is 38.9 Å². The number of nitrogens with two attached hydrogens (primary N) is 1. The van der Waals surface area contributed by atoms with E-state index in [2.05, 4.69) is 11.1 Å². The average molecular weight is 221 g/mol. The molecular weight excluding hydrogens is 207 g/mol. The molecule has 0 atom stereocenters. The molecule has 1 aromatic rings. The van der Waals surface area contributed by atoms with Crippen molar-refractivity contribution in [1.82, 2.24) is 4.98 Å². The van der Waals surface area contributed by atoms with E-state index in [-0.39, 0.29) is 30.4 Å². The van der Waals surface area contributed by atoms with Crippen LogP contribution in [0.5, 0.6) is 0 Å². The first kappa shape index (κ1) is 12.7. The van der Waals surface area contributed by atoms with Gasteiger partial charge in [0.05, 0.1) is 0 Å². The van der Waals surface area contributed by atoms with Gasteiger partial charge in [-0.2, -0.15) is 0 Å². The quantitative estimate of drug-likeness (QED) is 0.829. The summed E-state index contributed by atoms with van der Waals surface area (Å²) < 4.78 is 0. The van der Waals surface area contributed by atoms with Gasteiger partial charge in [0.25, 0.3) is 0 Å². The van der Waals surface area contributed by atoms with E-state index in [9.17, 15) is 0 Å². The molecular formula is C9H14Cl2N2. The minimum Gasteiger partial charge on any atom is -0.325 e. The molecule has 2 nitrogen and oxygen atoms in total. The second kappa shape index (κ2) is 4.80. The zero-order chi connectivity index (χ0) is 7.73. The van der Waals surface area contributed by atoms with Crippen LogP contribution in [0.15, 0.2) is 24.5 Å². The summed E-state index contributed by atoms with van der Waals surface area (Å²) in [7, 11) is 0. The number of rotatable bonds is 2. The molecule has 0 saturated heterocycles. The Morgan fingerprint density at radius 2 is 2.08 bits per heavy atom. The molecule has 1 aliphatic carbocycles. The first-order valence-corrected chi connectivity index (χ1v) is 3.96. The minimum absolute atomic E-state index is 0. The molecule has 2 N–H and O–H groups in total. The van der Waals surface area contributed by atoms with E-state index in [1.54, 1.807) is 6.20 Å². The van der Waals surface area contributed by atoms with E-state index in [1.165, 1.54) is 18.4 Å². The van der Waals surface area contributed by atoms with Crippen molar-refractivity contribution < 1.29 is 0 Å². The van der Waals surface area contributed by atoms with Gasteiger partial charge in [-0.25, -0.2) is 0 Å². The molecule has 0 unspecified atom stereocenters. The van der Waals surface area contributed by atoms with Gasteiger partial charge in [-0.3, -0.25) is 4.98 Å². The second-order valence-electron chi connectivity index (χ2n) is 3.40. The number of hydrogen-bond donors (Lipinski definition) is 1. The highest BCUT2D eigenvalue weighted by Crippen LogP contribution is 2.35. The summed E-state index contributed by atoms with van der Waals surface area (Å²) >= 11 is 0. The lowest BCUT2D eigenvalue weighted by Gasteiger charge is -2.06. The molecule has 13 heavy (non-hydrogen) atoms. The fourth-order valence-corrected chi connectivity index (χ4v) is 1.25. The third-order valence-corrected chi connectivity index (χ3v) is 2.17. The maximum absolute atomic E-state index is 5.95. The van der Waals surface area contributed by atoms with Crippen LogP contribution in [0, 0.1) is 0 Å². The summed E-state index contributed by atoms with van der Waals surface area (Å²) in [6.45, 7) is 0. The first-order valence-electron chi connectivity index (χ1n) is 3.96. The summed E-state index contributed by atoms with van der Waals surface area (Å²) in [5.74, 6) is 0. The zero-order valence-corrected chi connectivity index (χ0v) is 8.90. The van der Waals surface area contributed by atoms with Crippen LogP contribution in [0.25, 0.3) is 0 Å². The minimum atomic E-state index is 0. The van der Waals surface area contributed by atoms with Gasteiger partial charge in [-0.05, 0) is 30.9 Å². The third kappa shape index (κ3) is 3.51. The lowest BCUT2D eigenvalue weighted by molar-refractivity contribution is 0.670. The maximum Gasteiger partial charge on any atom is 0.0300 e. The molecule has 0 radical (unpaired) electrons. The molecule has 1 aromatic heterocycles. The highest BCUT2D eigenvalue weighted by atomic mass is 35.5. The van der Waals surface area contributed by atoms with Crippen LogP contribution < -0.4 is 5.73 Å². The summed E-state index contributed by atoms with van der Waals surface area (Å²) in [4.78, 5) is 4.04. The Hall–Kier alpha value is -0.310. The molecule has 74 valence electrons. The Balaban J connectivity index is 0.000000720. The van der Waals surface area contributed by atoms with Crippen molar-refractivity contribution in [2.45, 2.75) is 24.8 Å². The van der Waals surface area contributed by atoms with Crippen molar-refractivity contribution in [2.75, 3.05) is 0 Å².